The van der Waals surface area contributed by atoms with Gasteiger partial charge in [0.15, 0.2) is 0 Å². The lowest BCUT2D eigenvalue weighted by Crippen LogP contribution is -2.37. The molecule has 9 nitrogen and oxygen atoms in total. The maximum atomic E-state index is 12.5. The number of H-pyrrole nitrogens is 2. The number of aromatic amines is 2. The molecule has 1 amide bonds. The van der Waals surface area contributed by atoms with Crippen molar-refractivity contribution in [3.63, 3.8) is 0 Å². The molecule has 0 unspecified atom stereocenters. The fourth-order valence-electron chi connectivity index (χ4n) is 2.67. The molecular weight excluding hydrogens is 298 g/mol. The SMILES string of the molecule is N#Cc1c[nH]c(C(=O)N2CCN(Cc3cn[nH]n3)C[C@@H](O)C2)c1. The highest BCUT2D eigenvalue weighted by molar-refractivity contribution is 5.93. The first-order valence-electron chi connectivity index (χ1n) is 7.28. The monoisotopic (exact) mass is 315 g/mol. The minimum Gasteiger partial charge on any atom is -0.390 e. The molecule has 23 heavy (non-hydrogen) atoms. The summed E-state index contributed by atoms with van der Waals surface area (Å²) in [6, 6.07) is 3.50. The molecule has 1 saturated heterocycles. The molecule has 2 aromatic rings. The van der Waals surface area contributed by atoms with E-state index in [-0.39, 0.29) is 12.5 Å². The highest BCUT2D eigenvalue weighted by atomic mass is 16.3. The zero-order valence-corrected chi connectivity index (χ0v) is 12.4. The zero-order valence-electron chi connectivity index (χ0n) is 12.4. The number of carbonyl (C=O) groups is 1. The van der Waals surface area contributed by atoms with Crippen LogP contribution in [0.25, 0.3) is 0 Å². The van der Waals surface area contributed by atoms with Crippen LogP contribution in [0.15, 0.2) is 18.5 Å². The van der Waals surface area contributed by atoms with Gasteiger partial charge < -0.3 is 15.0 Å². The predicted molar refractivity (Wildman–Crippen MR) is 79.1 cm³/mol. The van der Waals surface area contributed by atoms with Crippen molar-refractivity contribution >= 4 is 5.91 Å². The Hall–Kier alpha value is -2.70. The van der Waals surface area contributed by atoms with Crippen LogP contribution < -0.4 is 0 Å². The summed E-state index contributed by atoms with van der Waals surface area (Å²) >= 11 is 0. The number of β-amino-alcohol motifs (C(OH)–C–C–N with tert-alkyl or cyclic N) is 1. The molecule has 0 saturated carbocycles. The summed E-state index contributed by atoms with van der Waals surface area (Å²) in [4.78, 5) is 18.9. The average Bonchev–Trinajstić information content (AvgIpc) is 3.18. The quantitative estimate of drug-likeness (QED) is 0.689. The van der Waals surface area contributed by atoms with E-state index < -0.39 is 6.10 Å². The smallest absolute Gasteiger partial charge is 0.270 e. The van der Waals surface area contributed by atoms with E-state index in [9.17, 15) is 9.90 Å². The molecule has 0 bridgehead atoms. The molecule has 0 aliphatic carbocycles. The van der Waals surface area contributed by atoms with Gasteiger partial charge in [0.05, 0.1) is 23.6 Å². The van der Waals surface area contributed by atoms with Gasteiger partial charge in [0.1, 0.15) is 11.8 Å². The van der Waals surface area contributed by atoms with Crippen LogP contribution in [0.2, 0.25) is 0 Å². The lowest BCUT2D eigenvalue weighted by atomic mass is 10.2. The Bertz CT molecular complexity index is 703. The number of aliphatic hydroxyl groups is 1. The number of hydrogen-bond acceptors (Lipinski definition) is 6. The molecule has 2 aromatic heterocycles. The van der Waals surface area contributed by atoms with Crippen molar-refractivity contribution in [2.24, 2.45) is 0 Å². The largest absolute Gasteiger partial charge is 0.390 e. The Morgan fingerprint density at radius 2 is 2.35 bits per heavy atom. The van der Waals surface area contributed by atoms with E-state index in [1.807, 2.05) is 11.0 Å². The molecule has 0 aromatic carbocycles. The van der Waals surface area contributed by atoms with Crippen LogP contribution in [0.1, 0.15) is 21.7 Å². The van der Waals surface area contributed by atoms with Gasteiger partial charge in [-0.25, -0.2) is 0 Å². The highest BCUT2D eigenvalue weighted by Gasteiger charge is 2.26. The van der Waals surface area contributed by atoms with Gasteiger partial charge in [-0.1, -0.05) is 0 Å². The Balaban J connectivity index is 1.65. The van der Waals surface area contributed by atoms with E-state index >= 15 is 0 Å². The van der Waals surface area contributed by atoms with E-state index in [4.69, 9.17) is 5.26 Å². The maximum Gasteiger partial charge on any atom is 0.270 e. The molecule has 3 rings (SSSR count). The zero-order chi connectivity index (χ0) is 16.2. The number of hydrogen-bond donors (Lipinski definition) is 3. The first-order chi connectivity index (χ1) is 11.2. The van der Waals surface area contributed by atoms with Crippen molar-refractivity contribution in [3.05, 3.63) is 35.4 Å². The van der Waals surface area contributed by atoms with Crippen molar-refractivity contribution in [2.75, 3.05) is 26.2 Å². The third kappa shape index (κ3) is 3.56. The molecule has 0 radical (unpaired) electrons. The van der Waals surface area contributed by atoms with Crippen LogP contribution in [0, 0.1) is 11.3 Å². The van der Waals surface area contributed by atoms with Crippen molar-refractivity contribution in [2.45, 2.75) is 12.6 Å². The molecule has 1 aliphatic rings. The predicted octanol–water partition coefficient (Wildman–Crippen LogP) is -0.677. The number of nitrogens with one attached hydrogen (secondary N) is 2. The summed E-state index contributed by atoms with van der Waals surface area (Å²) < 4.78 is 0. The Labute approximate surface area is 132 Å². The van der Waals surface area contributed by atoms with E-state index in [0.29, 0.717) is 37.4 Å². The molecule has 0 spiro atoms. The van der Waals surface area contributed by atoms with Crippen molar-refractivity contribution in [1.82, 2.24) is 30.2 Å². The van der Waals surface area contributed by atoms with Gasteiger partial charge in [-0.15, -0.1) is 0 Å². The van der Waals surface area contributed by atoms with E-state index in [0.717, 1.165) is 5.69 Å². The highest BCUT2D eigenvalue weighted by Crippen LogP contribution is 2.11. The maximum absolute atomic E-state index is 12.5. The summed E-state index contributed by atoms with van der Waals surface area (Å²) in [5, 5.41) is 29.3. The van der Waals surface area contributed by atoms with Crippen LogP contribution in [0.4, 0.5) is 0 Å². The molecular formula is C14H17N7O2. The van der Waals surface area contributed by atoms with E-state index in [1.54, 1.807) is 11.1 Å². The summed E-state index contributed by atoms with van der Waals surface area (Å²) in [7, 11) is 0. The van der Waals surface area contributed by atoms with Gasteiger partial charge >= 0.3 is 0 Å². The van der Waals surface area contributed by atoms with Gasteiger partial charge in [-0.05, 0) is 6.07 Å². The second-order valence-corrected chi connectivity index (χ2v) is 5.52. The second kappa shape index (κ2) is 6.60. The van der Waals surface area contributed by atoms with Crippen molar-refractivity contribution in [1.29, 1.82) is 5.26 Å². The number of nitrogens with zero attached hydrogens (tertiary/aromatic N) is 5. The Kier molecular flexibility index (Phi) is 4.36. The lowest BCUT2D eigenvalue weighted by molar-refractivity contribution is 0.0658. The third-order valence-corrected chi connectivity index (χ3v) is 3.77. The van der Waals surface area contributed by atoms with Gasteiger partial charge in [0, 0.05) is 38.9 Å². The van der Waals surface area contributed by atoms with Crippen molar-refractivity contribution < 1.29 is 9.90 Å². The van der Waals surface area contributed by atoms with Gasteiger partial charge in [-0.3, -0.25) is 9.69 Å². The normalized spacial score (nSPS) is 19.3. The molecule has 3 heterocycles. The van der Waals surface area contributed by atoms with Gasteiger partial charge in [0.2, 0.25) is 0 Å². The van der Waals surface area contributed by atoms with Gasteiger partial charge in [0.25, 0.3) is 5.91 Å². The second-order valence-electron chi connectivity index (χ2n) is 5.52. The van der Waals surface area contributed by atoms with E-state index in [1.165, 1.54) is 12.3 Å². The first-order valence-corrected chi connectivity index (χ1v) is 7.28. The standard InChI is InChI=1S/C14H17N7O2/c15-4-10-3-13(16-5-10)14(23)21-2-1-20(8-12(22)9-21)7-11-6-17-19-18-11/h3,5-6,12,16,22H,1-2,7-9H2,(H,17,18,19)/t12-/m1/s1. The lowest BCUT2D eigenvalue weighted by Gasteiger charge is -2.21. The fourth-order valence-corrected chi connectivity index (χ4v) is 2.67. The number of rotatable bonds is 3. The molecule has 1 atom stereocenters. The first kappa shape index (κ1) is 15.2. The minimum atomic E-state index is -0.640. The van der Waals surface area contributed by atoms with Crippen LogP contribution in [-0.4, -0.2) is 73.5 Å². The van der Waals surface area contributed by atoms with E-state index in [2.05, 4.69) is 20.4 Å². The van der Waals surface area contributed by atoms with Crippen LogP contribution in [0.5, 0.6) is 0 Å². The minimum absolute atomic E-state index is 0.214. The molecule has 1 fully saturated rings. The molecule has 120 valence electrons. The molecule has 9 heteroatoms. The van der Waals surface area contributed by atoms with Gasteiger partial charge in [-0.2, -0.15) is 20.7 Å². The summed E-state index contributed by atoms with van der Waals surface area (Å²) in [6.07, 6.45) is 2.50. The molecule has 3 N–H and O–H groups in total. The number of amides is 1. The summed E-state index contributed by atoms with van der Waals surface area (Å²) in [6.45, 7) is 2.41. The summed E-state index contributed by atoms with van der Waals surface area (Å²) in [5.41, 5.74) is 1.56. The average molecular weight is 315 g/mol. The number of aliphatic hydroxyl groups excluding tert-OH is 1. The Morgan fingerprint density at radius 3 is 3.04 bits per heavy atom. The third-order valence-electron chi connectivity index (χ3n) is 3.77. The Morgan fingerprint density at radius 1 is 1.48 bits per heavy atom. The van der Waals surface area contributed by atoms with Crippen LogP contribution in [0.3, 0.4) is 0 Å². The number of nitriles is 1. The summed E-state index contributed by atoms with van der Waals surface area (Å²) in [5.74, 6) is -0.214. The fraction of sp³-hybridized carbons (Fsp3) is 0.429. The number of carbonyl (C=O) groups excluding carboxylic acids is 1. The number of aromatic nitrogens is 4. The topological polar surface area (TPSA) is 125 Å². The molecule has 1 aliphatic heterocycles. The van der Waals surface area contributed by atoms with Crippen molar-refractivity contribution in [3.8, 4) is 6.07 Å². The van der Waals surface area contributed by atoms with Crippen LogP contribution in [-0.2, 0) is 6.54 Å². The van der Waals surface area contributed by atoms with Crippen LogP contribution >= 0.6 is 0 Å².